The summed E-state index contributed by atoms with van der Waals surface area (Å²) in [5, 5.41) is 10.2. The number of ether oxygens (including phenoxy) is 2. The molecule has 0 saturated carbocycles. The molecule has 136 valence electrons. The second kappa shape index (κ2) is 8.81. The Kier molecular flexibility index (Phi) is 6.49. The highest BCUT2D eigenvalue weighted by Gasteiger charge is 2.11. The molecule has 0 spiro atoms. The van der Waals surface area contributed by atoms with Crippen molar-refractivity contribution in [2.75, 3.05) is 14.2 Å². The van der Waals surface area contributed by atoms with Crippen molar-refractivity contribution in [3.63, 3.8) is 0 Å². The third-order valence-electron chi connectivity index (χ3n) is 3.35. The van der Waals surface area contributed by atoms with E-state index in [1.807, 2.05) is 0 Å². The molecule has 25 heavy (non-hydrogen) atoms. The summed E-state index contributed by atoms with van der Waals surface area (Å²) < 4.78 is 36.1. The number of hydrogen-bond donors (Lipinski definition) is 2. The van der Waals surface area contributed by atoms with Crippen molar-refractivity contribution in [2.24, 2.45) is 12.0 Å². The van der Waals surface area contributed by atoms with Crippen molar-refractivity contribution in [1.82, 2.24) is 25.4 Å². The zero-order chi connectivity index (χ0) is 18.2. The molecule has 2 N–H and O–H groups in total. The Hall–Kier alpha value is -2.91. The van der Waals surface area contributed by atoms with E-state index in [1.54, 1.807) is 30.9 Å². The van der Waals surface area contributed by atoms with E-state index in [1.165, 1.54) is 19.5 Å². The minimum absolute atomic E-state index is 0.0150. The number of halogens is 2. The molecule has 0 fully saturated rings. The highest BCUT2D eigenvalue weighted by molar-refractivity contribution is 5.79. The molecule has 2 aromatic rings. The lowest BCUT2D eigenvalue weighted by molar-refractivity contribution is -0.0512. The zero-order valence-corrected chi connectivity index (χ0v) is 14.2. The minimum Gasteiger partial charge on any atom is -0.493 e. The number of alkyl halides is 2. The molecular weight excluding hydrogens is 334 g/mol. The average Bonchev–Trinajstić information content (AvgIpc) is 3.00. The fourth-order valence-electron chi connectivity index (χ4n) is 2.07. The van der Waals surface area contributed by atoms with Gasteiger partial charge in [-0.15, -0.1) is 0 Å². The molecule has 0 saturated heterocycles. The SMILES string of the molecule is CN=C(NCc1ccc(OC)c(OC(F)F)c1)NCc1ncnn1C. The lowest BCUT2D eigenvalue weighted by Gasteiger charge is -2.14. The van der Waals surface area contributed by atoms with Crippen LogP contribution >= 0.6 is 0 Å². The second-order valence-corrected chi connectivity index (χ2v) is 4.94. The molecule has 0 aliphatic carbocycles. The number of benzene rings is 1. The van der Waals surface area contributed by atoms with Gasteiger partial charge in [0, 0.05) is 20.6 Å². The van der Waals surface area contributed by atoms with Crippen LogP contribution in [-0.2, 0) is 20.1 Å². The first-order valence-corrected chi connectivity index (χ1v) is 7.42. The number of guanidine groups is 1. The van der Waals surface area contributed by atoms with Gasteiger partial charge in [-0.1, -0.05) is 6.07 Å². The molecule has 0 aliphatic rings. The van der Waals surface area contributed by atoms with Crippen molar-refractivity contribution >= 4 is 5.96 Å². The molecule has 2 rings (SSSR count). The molecule has 0 amide bonds. The lowest BCUT2D eigenvalue weighted by atomic mass is 10.2. The van der Waals surface area contributed by atoms with Gasteiger partial charge >= 0.3 is 6.61 Å². The maximum atomic E-state index is 12.5. The van der Waals surface area contributed by atoms with Gasteiger partial charge in [0.15, 0.2) is 17.5 Å². The van der Waals surface area contributed by atoms with Gasteiger partial charge in [-0.05, 0) is 17.7 Å². The Morgan fingerprint density at radius 3 is 2.64 bits per heavy atom. The summed E-state index contributed by atoms with van der Waals surface area (Å²) >= 11 is 0. The van der Waals surface area contributed by atoms with E-state index in [4.69, 9.17) is 4.74 Å². The summed E-state index contributed by atoms with van der Waals surface area (Å²) in [6.07, 6.45) is 1.47. The van der Waals surface area contributed by atoms with Gasteiger partial charge in [0.1, 0.15) is 12.2 Å². The van der Waals surface area contributed by atoms with E-state index >= 15 is 0 Å². The van der Waals surface area contributed by atoms with Gasteiger partial charge in [0.05, 0.1) is 13.7 Å². The summed E-state index contributed by atoms with van der Waals surface area (Å²) in [7, 11) is 4.82. The third-order valence-corrected chi connectivity index (χ3v) is 3.35. The highest BCUT2D eigenvalue weighted by Crippen LogP contribution is 2.29. The number of aromatic nitrogens is 3. The highest BCUT2D eigenvalue weighted by atomic mass is 19.3. The molecule has 0 aliphatic heterocycles. The quantitative estimate of drug-likeness (QED) is 0.576. The fourth-order valence-corrected chi connectivity index (χ4v) is 2.07. The van der Waals surface area contributed by atoms with Crippen molar-refractivity contribution in [3.05, 3.63) is 35.9 Å². The van der Waals surface area contributed by atoms with Crippen LogP contribution in [0.25, 0.3) is 0 Å². The zero-order valence-electron chi connectivity index (χ0n) is 14.2. The number of aryl methyl sites for hydroxylation is 1. The largest absolute Gasteiger partial charge is 0.493 e. The van der Waals surface area contributed by atoms with Gasteiger partial charge < -0.3 is 20.1 Å². The van der Waals surface area contributed by atoms with Crippen LogP contribution in [0.4, 0.5) is 8.78 Å². The molecule has 0 radical (unpaired) electrons. The predicted molar refractivity (Wildman–Crippen MR) is 87.7 cm³/mol. The Morgan fingerprint density at radius 2 is 2.04 bits per heavy atom. The van der Waals surface area contributed by atoms with Crippen molar-refractivity contribution in [3.8, 4) is 11.5 Å². The number of nitrogens with zero attached hydrogens (tertiary/aromatic N) is 4. The second-order valence-electron chi connectivity index (χ2n) is 4.94. The van der Waals surface area contributed by atoms with Gasteiger partial charge in [-0.3, -0.25) is 9.67 Å². The minimum atomic E-state index is -2.92. The smallest absolute Gasteiger partial charge is 0.387 e. The first kappa shape index (κ1) is 18.4. The number of methoxy groups -OCH3 is 1. The Labute approximate surface area is 143 Å². The van der Waals surface area contributed by atoms with E-state index in [-0.39, 0.29) is 11.5 Å². The van der Waals surface area contributed by atoms with Crippen LogP contribution in [0.2, 0.25) is 0 Å². The first-order chi connectivity index (χ1) is 12.0. The van der Waals surface area contributed by atoms with E-state index < -0.39 is 6.61 Å². The molecule has 1 aromatic carbocycles. The van der Waals surface area contributed by atoms with Crippen LogP contribution in [0.5, 0.6) is 11.5 Å². The topological polar surface area (TPSA) is 85.6 Å². The van der Waals surface area contributed by atoms with Gasteiger partial charge in [-0.25, -0.2) is 4.98 Å². The molecule has 0 atom stereocenters. The summed E-state index contributed by atoms with van der Waals surface area (Å²) in [5.41, 5.74) is 0.734. The van der Waals surface area contributed by atoms with Gasteiger partial charge in [-0.2, -0.15) is 13.9 Å². The van der Waals surface area contributed by atoms with Crippen LogP contribution in [-0.4, -0.2) is 41.5 Å². The third kappa shape index (κ3) is 5.30. The van der Waals surface area contributed by atoms with E-state index in [2.05, 4.69) is 30.4 Å². The van der Waals surface area contributed by atoms with Crippen LogP contribution in [0.3, 0.4) is 0 Å². The van der Waals surface area contributed by atoms with Crippen molar-refractivity contribution < 1.29 is 18.3 Å². The number of aliphatic imine (C=N–C) groups is 1. The van der Waals surface area contributed by atoms with Gasteiger partial charge in [0.25, 0.3) is 0 Å². The molecule has 1 heterocycles. The summed E-state index contributed by atoms with van der Waals surface area (Å²) in [6, 6.07) is 4.82. The molecule has 1 aromatic heterocycles. The number of rotatable bonds is 7. The van der Waals surface area contributed by atoms with Crippen LogP contribution in [0.15, 0.2) is 29.5 Å². The van der Waals surface area contributed by atoms with Crippen molar-refractivity contribution in [2.45, 2.75) is 19.7 Å². The van der Waals surface area contributed by atoms with E-state index in [0.717, 1.165) is 11.4 Å². The van der Waals surface area contributed by atoms with Crippen LogP contribution in [0, 0.1) is 0 Å². The molecular formula is C15H20F2N6O2. The molecule has 0 unspecified atom stereocenters. The number of hydrogen-bond acceptors (Lipinski definition) is 5. The Balaban J connectivity index is 1.95. The molecule has 10 heteroatoms. The molecule has 8 nitrogen and oxygen atoms in total. The molecule has 0 bridgehead atoms. The first-order valence-electron chi connectivity index (χ1n) is 7.42. The van der Waals surface area contributed by atoms with E-state index in [0.29, 0.717) is 19.0 Å². The van der Waals surface area contributed by atoms with E-state index in [9.17, 15) is 8.78 Å². The predicted octanol–water partition coefficient (Wildman–Crippen LogP) is 1.29. The normalized spacial score (nSPS) is 11.5. The van der Waals surface area contributed by atoms with Crippen LogP contribution < -0.4 is 20.1 Å². The average molecular weight is 354 g/mol. The van der Waals surface area contributed by atoms with Crippen molar-refractivity contribution in [1.29, 1.82) is 0 Å². The fraction of sp³-hybridized carbons (Fsp3) is 0.400. The summed E-state index contributed by atoms with van der Waals surface area (Å²) in [5.74, 6) is 1.52. The van der Waals surface area contributed by atoms with Gasteiger partial charge in [0.2, 0.25) is 0 Å². The standard InChI is InChI=1S/C15H20F2N6O2/c1-18-15(20-8-13-21-9-22-23(13)2)19-7-10-4-5-11(24-3)12(6-10)25-14(16)17/h4-6,9,14H,7-8H2,1-3H3,(H2,18,19,20). The maximum Gasteiger partial charge on any atom is 0.387 e. The monoisotopic (exact) mass is 354 g/mol. The van der Waals surface area contributed by atoms with Crippen LogP contribution in [0.1, 0.15) is 11.4 Å². The number of nitrogens with one attached hydrogen (secondary N) is 2. The Bertz CT molecular complexity index is 720. The Morgan fingerprint density at radius 1 is 1.28 bits per heavy atom. The lowest BCUT2D eigenvalue weighted by Crippen LogP contribution is -2.36. The maximum absolute atomic E-state index is 12.5. The summed E-state index contributed by atoms with van der Waals surface area (Å²) in [4.78, 5) is 8.20. The summed E-state index contributed by atoms with van der Waals surface area (Å²) in [6.45, 7) is -2.11.